The molecule has 0 radical (unpaired) electrons. The first-order valence-corrected chi connectivity index (χ1v) is 10.8. The predicted octanol–water partition coefficient (Wildman–Crippen LogP) is 3.90. The Hall–Kier alpha value is -2.18. The Morgan fingerprint density at radius 1 is 1.04 bits per heavy atom. The molecule has 1 amide bonds. The van der Waals surface area contributed by atoms with Gasteiger partial charge in [-0.25, -0.2) is 13.9 Å². The van der Waals surface area contributed by atoms with Crippen LogP contribution in [0.5, 0.6) is 0 Å². The Balaban J connectivity index is 1.98. The van der Waals surface area contributed by atoms with Gasteiger partial charge in [-0.1, -0.05) is 62.6 Å². The van der Waals surface area contributed by atoms with Gasteiger partial charge in [0.1, 0.15) is 0 Å². The molecule has 0 spiro atoms. The zero-order chi connectivity index (χ0) is 19.5. The summed E-state index contributed by atoms with van der Waals surface area (Å²) in [6.45, 7) is 2.09. The van der Waals surface area contributed by atoms with Gasteiger partial charge in [-0.15, -0.1) is 0 Å². The molecule has 0 bridgehead atoms. The maximum Gasteiger partial charge on any atom is 0.265 e. The number of hydrogen-bond acceptors (Lipinski definition) is 4. The highest BCUT2D eigenvalue weighted by Crippen LogP contribution is 2.39. The molecule has 1 saturated carbocycles. The first-order valence-electron chi connectivity index (χ1n) is 9.33. The molecular weight excluding hydrogens is 362 g/mol. The van der Waals surface area contributed by atoms with E-state index in [2.05, 4.69) is 19.1 Å². The Bertz CT molecular complexity index is 913. The summed E-state index contributed by atoms with van der Waals surface area (Å²) in [5.74, 6) is -0.832. The molecule has 144 valence electrons. The Labute approximate surface area is 160 Å². The minimum atomic E-state index is -3.92. The van der Waals surface area contributed by atoms with Crippen LogP contribution in [-0.2, 0) is 21.1 Å². The van der Waals surface area contributed by atoms with E-state index < -0.39 is 20.5 Å². The van der Waals surface area contributed by atoms with E-state index in [1.807, 2.05) is 12.1 Å². The average molecular weight is 388 g/mol. The fraction of sp³-hybridized carbons (Fsp3) is 0.381. The van der Waals surface area contributed by atoms with Crippen LogP contribution in [0.1, 0.15) is 44.6 Å². The molecule has 2 aromatic carbocycles. The van der Waals surface area contributed by atoms with Crippen LogP contribution in [-0.4, -0.2) is 24.3 Å². The fourth-order valence-corrected chi connectivity index (χ4v) is 5.93. The average Bonchev–Trinajstić information content (AvgIpc) is 2.73. The lowest BCUT2D eigenvalue weighted by molar-refractivity contribution is -0.132. The summed E-state index contributed by atoms with van der Waals surface area (Å²) in [6.07, 6.45) is 3.56. The van der Waals surface area contributed by atoms with Gasteiger partial charge in [0.05, 0.1) is 4.90 Å². The minimum Gasteiger partial charge on any atom is -0.289 e. The van der Waals surface area contributed by atoms with Crippen molar-refractivity contribution in [3.8, 4) is 11.1 Å². The third kappa shape index (κ3) is 3.51. The number of hydrogen-bond donors (Lipinski definition) is 2. The number of amides is 1. The van der Waals surface area contributed by atoms with Crippen molar-refractivity contribution in [2.24, 2.45) is 0 Å². The number of rotatable bonds is 5. The van der Waals surface area contributed by atoms with Gasteiger partial charge in [0.2, 0.25) is 0 Å². The lowest BCUT2D eigenvalue weighted by atomic mass is 9.88. The van der Waals surface area contributed by atoms with Crippen LogP contribution in [0.4, 0.5) is 0 Å². The minimum absolute atomic E-state index is 0.114. The van der Waals surface area contributed by atoms with Crippen LogP contribution in [0, 0.1) is 0 Å². The molecule has 0 aromatic heterocycles. The van der Waals surface area contributed by atoms with Gasteiger partial charge < -0.3 is 0 Å². The molecule has 0 atom stereocenters. The summed E-state index contributed by atoms with van der Waals surface area (Å²) in [7, 11) is -3.92. The SMILES string of the molecule is CCc1cccc(-c2ccc(S(=O)(=O)C3(C(=O)NO)CCCCC3)cc2)c1. The molecule has 5 nitrogen and oxygen atoms in total. The van der Waals surface area contributed by atoms with E-state index in [0.29, 0.717) is 12.8 Å². The summed E-state index contributed by atoms with van der Waals surface area (Å²) in [5, 5.41) is 9.14. The van der Waals surface area contributed by atoms with Crippen LogP contribution >= 0.6 is 0 Å². The molecule has 2 N–H and O–H groups in total. The highest BCUT2D eigenvalue weighted by molar-refractivity contribution is 7.93. The third-order valence-corrected chi connectivity index (χ3v) is 8.04. The quantitative estimate of drug-likeness (QED) is 0.602. The molecular formula is C21H25NO4S. The fourth-order valence-electron chi connectivity index (χ4n) is 3.87. The first kappa shape index (κ1) is 19.6. The molecule has 3 rings (SSSR count). The van der Waals surface area contributed by atoms with Gasteiger partial charge in [0, 0.05) is 0 Å². The summed E-state index contributed by atoms with van der Waals surface area (Å²) in [5.41, 5.74) is 4.75. The van der Waals surface area contributed by atoms with Crippen molar-refractivity contribution >= 4 is 15.7 Å². The number of aryl methyl sites for hydroxylation is 1. The third-order valence-electron chi connectivity index (χ3n) is 5.52. The van der Waals surface area contributed by atoms with E-state index in [0.717, 1.165) is 24.0 Å². The zero-order valence-electron chi connectivity index (χ0n) is 15.4. The summed E-state index contributed by atoms with van der Waals surface area (Å²) < 4.78 is 25.0. The molecule has 27 heavy (non-hydrogen) atoms. The normalized spacial score (nSPS) is 16.7. The monoisotopic (exact) mass is 387 g/mol. The number of benzene rings is 2. The van der Waals surface area contributed by atoms with Gasteiger partial charge >= 0.3 is 0 Å². The van der Waals surface area contributed by atoms with E-state index in [4.69, 9.17) is 5.21 Å². The highest BCUT2D eigenvalue weighted by Gasteiger charge is 2.51. The van der Waals surface area contributed by atoms with Crippen LogP contribution in [0.15, 0.2) is 53.4 Å². The topological polar surface area (TPSA) is 83.5 Å². The second kappa shape index (κ2) is 7.82. The van der Waals surface area contributed by atoms with Crippen molar-refractivity contribution in [2.45, 2.75) is 55.1 Å². The van der Waals surface area contributed by atoms with Gasteiger partial charge in [-0.2, -0.15) is 0 Å². The van der Waals surface area contributed by atoms with Gasteiger partial charge in [-0.05, 0) is 48.1 Å². The van der Waals surface area contributed by atoms with Crippen LogP contribution in [0.25, 0.3) is 11.1 Å². The Kier molecular flexibility index (Phi) is 5.67. The number of nitrogens with one attached hydrogen (secondary N) is 1. The smallest absolute Gasteiger partial charge is 0.265 e. The molecule has 1 aliphatic rings. The van der Waals surface area contributed by atoms with Crippen molar-refractivity contribution < 1.29 is 18.4 Å². The van der Waals surface area contributed by atoms with E-state index in [1.54, 1.807) is 29.7 Å². The second-order valence-electron chi connectivity index (χ2n) is 7.08. The Morgan fingerprint density at radius 2 is 1.70 bits per heavy atom. The van der Waals surface area contributed by atoms with Crippen LogP contribution in [0.2, 0.25) is 0 Å². The van der Waals surface area contributed by atoms with Gasteiger partial charge in [0.15, 0.2) is 14.6 Å². The van der Waals surface area contributed by atoms with Crippen LogP contribution < -0.4 is 5.48 Å². The van der Waals surface area contributed by atoms with E-state index in [1.165, 1.54) is 5.56 Å². The van der Waals surface area contributed by atoms with Crippen molar-refractivity contribution in [2.75, 3.05) is 0 Å². The lowest BCUT2D eigenvalue weighted by Gasteiger charge is -2.34. The summed E-state index contributed by atoms with van der Waals surface area (Å²) in [6, 6.07) is 14.8. The van der Waals surface area contributed by atoms with Gasteiger partial charge in [-0.3, -0.25) is 10.0 Å². The molecule has 0 unspecified atom stereocenters. The number of carbonyl (C=O) groups is 1. The summed E-state index contributed by atoms with van der Waals surface area (Å²) >= 11 is 0. The van der Waals surface area contributed by atoms with Crippen molar-refractivity contribution in [3.05, 3.63) is 54.1 Å². The zero-order valence-corrected chi connectivity index (χ0v) is 16.3. The van der Waals surface area contributed by atoms with E-state index in [9.17, 15) is 13.2 Å². The molecule has 1 aliphatic carbocycles. The predicted molar refractivity (Wildman–Crippen MR) is 104 cm³/mol. The first-order chi connectivity index (χ1) is 12.9. The van der Waals surface area contributed by atoms with Crippen LogP contribution in [0.3, 0.4) is 0 Å². The maximum absolute atomic E-state index is 13.3. The number of hydroxylamine groups is 1. The highest BCUT2D eigenvalue weighted by atomic mass is 32.2. The number of sulfone groups is 1. The van der Waals surface area contributed by atoms with E-state index >= 15 is 0 Å². The van der Waals surface area contributed by atoms with Crippen molar-refractivity contribution in [3.63, 3.8) is 0 Å². The van der Waals surface area contributed by atoms with Crippen molar-refractivity contribution in [1.82, 2.24) is 5.48 Å². The maximum atomic E-state index is 13.3. The molecule has 1 fully saturated rings. The summed E-state index contributed by atoms with van der Waals surface area (Å²) in [4.78, 5) is 12.4. The molecule has 2 aromatic rings. The second-order valence-corrected chi connectivity index (χ2v) is 9.34. The lowest BCUT2D eigenvalue weighted by Crippen LogP contribution is -2.52. The van der Waals surface area contributed by atoms with Gasteiger partial charge in [0.25, 0.3) is 5.91 Å². The molecule has 0 heterocycles. The van der Waals surface area contributed by atoms with Crippen molar-refractivity contribution in [1.29, 1.82) is 0 Å². The largest absolute Gasteiger partial charge is 0.289 e. The Morgan fingerprint density at radius 3 is 2.30 bits per heavy atom. The number of carbonyl (C=O) groups excluding carboxylic acids is 1. The molecule has 6 heteroatoms. The molecule has 0 saturated heterocycles. The standard InChI is InChI=1S/C21H25NO4S/c1-2-16-7-6-8-18(15-16)17-9-11-19(12-10-17)27(25,26)21(20(23)22-24)13-4-3-5-14-21/h6-12,15,24H,2-5,13-14H2,1H3,(H,22,23). The molecule has 0 aliphatic heterocycles. The van der Waals surface area contributed by atoms with E-state index in [-0.39, 0.29) is 17.7 Å².